The second kappa shape index (κ2) is 9.66. The molecule has 0 spiro atoms. The molecule has 7 nitrogen and oxygen atoms in total. The van der Waals surface area contributed by atoms with Crippen LogP contribution in [-0.4, -0.2) is 46.6 Å². The highest BCUT2D eigenvalue weighted by molar-refractivity contribution is 7.09. The lowest BCUT2D eigenvalue weighted by Gasteiger charge is -2.31. The highest BCUT2D eigenvalue weighted by Gasteiger charge is 2.24. The van der Waals surface area contributed by atoms with Crippen molar-refractivity contribution in [3.05, 3.63) is 51.5 Å². The Bertz CT molecular complexity index is 798. The van der Waals surface area contributed by atoms with Gasteiger partial charge in [0.25, 0.3) is 5.91 Å². The van der Waals surface area contributed by atoms with Gasteiger partial charge in [0.1, 0.15) is 17.3 Å². The summed E-state index contributed by atoms with van der Waals surface area (Å²) in [5, 5.41) is 14.1. The quantitative estimate of drug-likeness (QED) is 0.774. The molecule has 1 aromatic carbocycles. The van der Waals surface area contributed by atoms with E-state index in [0.29, 0.717) is 36.3 Å². The van der Waals surface area contributed by atoms with Crippen molar-refractivity contribution in [1.29, 1.82) is 0 Å². The van der Waals surface area contributed by atoms with Crippen LogP contribution in [0, 0.1) is 12.8 Å². The number of hydrogen-bond donors (Lipinski definition) is 2. The number of rotatable bonds is 6. The van der Waals surface area contributed by atoms with Crippen LogP contribution in [0.2, 0.25) is 0 Å². The molecule has 1 aliphatic rings. The number of carbonyl (C=O) groups is 2. The zero-order valence-corrected chi connectivity index (χ0v) is 16.7. The van der Waals surface area contributed by atoms with Crippen LogP contribution in [0.5, 0.6) is 0 Å². The molecule has 0 radical (unpaired) electrons. The van der Waals surface area contributed by atoms with E-state index in [9.17, 15) is 9.59 Å². The van der Waals surface area contributed by atoms with E-state index in [4.69, 9.17) is 9.84 Å². The van der Waals surface area contributed by atoms with Gasteiger partial charge in [0.2, 0.25) is 0 Å². The van der Waals surface area contributed by atoms with E-state index in [2.05, 4.69) is 10.3 Å². The normalized spacial score (nSPS) is 14.7. The lowest BCUT2D eigenvalue weighted by Crippen LogP contribution is -2.41. The summed E-state index contributed by atoms with van der Waals surface area (Å²) in [7, 11) is 0. The van der Waals surface area contributed by atoms with E-state index in [1.807, 2.05) is 31.2 Å². The molecule has 2 amide bonds. The van der Waals surface area contributed by atoms with E-state index in [-0.39, 0.29) is 25.2 Å². The van der Waals surface area contributed by atoms with Crippen LogP contribution in [0.1, 0.15) is 39.5 Å². The standard InChI is InChI=1S/C20H25N3O4S/c1-14-2-4-16(5-3-14)12-27-20(26)23-8-6-15(7-9-23)10-21-19(25)17-13-28-18(11-24)22-17/h2-5,13,15,24H,6-12H2,1H3,(H,21,25). The minimum Gasteiger partial charge on any atom is -0.445 e. The molecule has 28 heavy (non-hydrogen) atoms. The van der Waals surface area contributed by atoms with Gasteiger partial charge in [0.05, 0.1) is 6.61 Å². The number of carbonyl (C=O) groups excluding carboxylic acids is 2. The van der Waals surface area contributed by atoms with E-state index in [1.54, 1.807) is 10.3 Å². The number of thiazole rings is 1. The van der Waals surface area contributed by atoms with Crippen molar-refractivity contribution in [3.63, 3.8) is 0 Å². The Balaban J connectivity index is 1.37. The average molecular weight is 404 g/mol. The van der Waals surface area contributed by atoms with Crippen molar-refractivity contribution in [1.82, 2.24) is 15.2 Å². The van der Waals surface area contributed by atoms with Crippen LogP contribution < -0.4 is 5.32 Å². The fourth-order valence-corrected chi connectivity index (χ4v) is 3.69. The zero-order chi connectivity index (χ0) is 19.9. The molecule has 0 aliphatic carbocycles. The smallest absolute Gasteiger partial charge is 0.410 e. The van der Waals surface area contributed by atoms with Crippen LogP contribution >= 0.6 is 11.3 Å². The maximum Gasteiger partial charge on any atom is 0.410 e. The van der Waals surface area contributed by atoms with E-state index in [1.165, 1.54) is 16.9 Å². The van der Waals surface area contributed by atoms with Gasteiger partial charge in [0, 0.05) is 25.0 Å². The van der Waals surface area contributed by atoms with Gasteiger partial charge in [-0.05, 0) is 31.2 Å². The summed E-state index contributed by atoms with van der Waals surface area (Å²) < 4.78 is 5.40. The topological polar surface area (TPSA) is 91.8 Å². The number of amides is 2. The molecule has 1 saturated heterocycles. The number of aryl methyl sites for hydroxylation is 1. The number of aromatic nitrogens is 1. The number of ether oxygens (including phenoxy) is 1. The molecule has 1 aliphatic heterocycles. The molecule has 150 valence electrons. The second-order valence-electron chi connectivity index (χ2n) is 6.97. The molecule has 0 saturated carbocycles. The van der Waals surface area contributed by atoms with Gasteiger partial charge >= 0.3 is 6.09 Å². The molecule has 2 aromatic rings. The number of hydrogen-bond acceptors (Lipinski definition) is 6. The largest absolute Gasteiger partial charge is 0.445 e. The molecule has 3 rings (SSSR count). The summed E-state index contributed by atoms with van der Waals surface area (Å²) in [4.78, 5) is 30.1. The van der Waals surface area contributed by atoms with Crippen molar-refractivity contribution < 1.29 is 19.4 Å². The summed E-state index contributed by atoms with van der Waals surface area (Å²) in [5.74, 6) is 0.0944. The summed E-state index contributed by atoms with van der Waals surface area (Å²) in [6.45, 7) is 3.94. The first kappa shape index (κ1) is 20.3. The summed E-state index contributed by atoms with van der Waals surface area (Å²) in [6, 6.07) is 7.92. The summed E-state index contributed by atoms with van der Waals surface area (Å²) in [6.07, 6.45) is 1.35. The molecule has 1 aromatic heterocycles. The van der Waals surface area contributed by atoms with Crippen LogP contribution in [0.25, 0.3) is 0 Å². The average Bonchev–Trinajstić information content (AvgIpc) is 3.21. The Morgan fingerprint density at radius 1 is 1.29 bits per heavy atom. The SMILES string of the molecule is Cc1ccc(COC(=O)N2CCC(CNC(=O)c3csc(CO)n3)CC2)cc1. The summed E-state index contributed by atoms with van der Waals surface area (Å²) in [5.41, 5.74) is 2.49. The predicted molar refractivity (Wildman–Crippen MR) is 106 cm³/mol. The van der Waals surface area contributed by atoms with Crippen molar-refractivity contribution in [2.75, 3.05) is 19.6 Å². The van der Waals surface area contributed by atoms with E-state index in [0.717, 1.165) is 18.4 Å². The summed E-state index contributed by atoms with van der Waals surface area (Å²) >= 11 is 1.27. The van der Waals surface area contributed by atoms with Crippen LogP contribution in [0.3, 0.4) is 0 Å². The van der Waals surface area contributed by atoms with Crippen molar-refractivity contribution >= 4 is 23.3 Å². The van der Waals surface area contributed by atoms with Crippen molar-refractivity contribution in [2.45, 2.75) is 33.0 Å². The van der Waals surface area contributed by atoms with Gasteiger partial charge in [-0.25, -0.2) is 9.78 Å². The fourth-order valence-electron chi connectivity index (χ4n) is 3.06. The first-order valence-corrected chi connectivity index (χ1v) is 10.2. The zero-order valence-electron chi connectivity index (χ0n) is 15.9. The number of likely N-dealkylation sites (tertiary alicyclic amines) is 1. The maximum atomic E-state index is 12.2. The van der Waals surface area contributed by atoms with Gasteiger partial charge in [-0.1, -0.05) is 29.8 Å². The molecule has 1 fully saturated rings. The van der Waals surface area contributed by atoms with E-state index < -0.39 is 0 Å². The Labute approximate surface area is 168 Å². The van der Waals surface area contributed by atoms with Gasteiger partial charge in [0.15, 0.2) is 0 Å². The number of nitrogens with one attached hydrogen (secondary N) is 1. The van der Waals surface area contributed by atoms with Crippen molar-refractivity contribution in [2.24, 2.45) is 5.92 Å². The minimum absolute atomic E-state index is 0.156. The minimum atomic E-state index is -0.290. The first-order valence-electron chi connectivity index (χ1n) is 9.36. The molecule has 0 unspecified atom stereocenters. The third-order valence-corrected chi connectivity index (χ3v) is 5.66. The highest BCUT2D eigenvalue weighted by Crippen LogP contribution is 2.18. The van der Waals surface area contributed by atoms with Crippen LogP contribution in [-0.2, 0) is 18.0 Å². The van der Waals surface area contributed by atoms with Gasteiger partial charge in [-0.2, -0.15) is 0 Å². The Morgan fingerprint density at radius 3 is 2.64 bits per heavy atom. The Morgan fingerprint density at radius 2 is 2.00 bits per heavy atom. The number of aliphatic hydroxyl groups excluding tert-OH is 1. The second-order valence-corrected chi connectivity index (χ2v) is 7.91. The predicted octanol–water partition coefficient (Wildman–Crippen LogP) is 2.72. The molecule has 0 atom stereocenters. The van der Waals surface area contributed by atoms with Gasteiger partial charge in [-0.3, -0.25) is 4.79 Å². The highest BCUT2D eigenvalue weighted by atomic mass is 32.1. The number of benzene rings is 1. The van der Waals surface area contributed by atoms with Crippen LogP contribution in [0.4, 0.5) is 4.79 Å². The Kier molecular flexibility index (Phi) is 7.00. The molecule has 8 heteroatoms. The van der Waals surface area contributed by atoms with Crippen LogP contribution in [0.15, 0.2) is 29.6 Å². The lowest BCUT2D eigenvalue weighted by atomic mass is 9.97. The van der Waals surface area contributed by atoms with E-state index >= 15 is 0 Å². The molecule has 0 bridgehead atoms. The van der Waals surface area contributed by atoms with Crippen molar-refractivity contribution in [3.8, 4) is 0 Å². The molecular formula is C20H25N3O4S. The molecule has 2 heterocycles. The van der Waals surface area contributed by atoms with Gasteiger partial charge in [-0.15, -0.1) is 11.3 Å². The molecule has 2 N–H and O–H groups in total. The monoisotopic (exact) mass is 403 g/mol. The third kappa shape index (κ3) is 5.53. The molecular weight excluding hydrogens is 378 g/mol. The number of nitrogens with zero attached hydrogens (tertiary/aromatic N) is 2. The fraction of sp³-hybridized carbons (Fsp3) is 0.450. The Hall–Kier alpha value is -2.45. The number of piperidine rings is 1. The van der Waals surface area contributed by atoms with Gasteiger partial charge < -0.3 is 20.1 Å². The number of aliphatic hydroxyl groups is 1. The maximum absolute atomic E-state index is 12.2. The third-order valence-electron chi connectivity index (χ3n) is 4.83. The first-order chi connectivity index (χ1) is 13.5. The lowest BCUT2D eigenvalue weighted by molar-refractivity contribution is 0.0800.